The molecule has 2 aliphatic heterocycles. The Kier molecular flexibility index (Phi) is 8.09. The lowest BCUT2D eigenvalue weighted by Gasteiger charge is -2.44. The van der Waals surface area contributed by atoms with Gasteiger partial charge in [-0.1, -0.05) is 41.4 Å². The first-order valence-electron chi connectivity index (χ1n) is 12.0. The minimum Gasteiger partial charge on any atom is -0.299 e. The molecule has 0 aliphatic carbocycles. The number of halogens is 1. The van der Waals surface area contributed by atoms with E-state index < -0.39 is 5.91 Å². The van der Waals surface area contributed by atoms with E-state index in [9.17, 15) is 9.32 Å². The molecule has 1 amide bonds. The van der Waals surface area contributed by atoms with Crippen LogP contribution >= 0.6 is 0 Å². The maximum atomic E-state index is 11.8. The Morgan fingerprint density at radius 1 is 0.848 bits per heavy atom. The summed E-state index contributed by atoms with van der Waals surface area (Å²) in [5, 5.41) is 3.20. The molecule has 0 aromatic heterocycles. The van der Waals surface area contributed by atoms with Crippen LogP contribution in [0, 0.1) is 0 Å². The number of hydrogen-bond acceptors (Lipinski definition) is 5. The zero-order valence-corrected chi connectivity index (χ0v) is 19.7. The van der Waals surface area contributed by atoms with Gasteiger partial charge in [0.05, 0.1) is 0 Å². The van der Waals surface area contributed by atoms with Crippen LogP contribution in [0.2, 0.25) is 0 Å². The van der Waals surface area contributed by atoms with E-state index in [1.165, 1.54) is 37.1 Å². The average Bonchev–Trinajstić information content (AvgIpc) is 3.31. The van der Waals surface area contributed by atoms with Gasteiger partial charge in [-0.3, -0.25) is 19.5 Å². The smallest absolute Gasteiger partial charge is 0.277 e. The van der Waals surface area contributed by atoms with E-state index in [0.717, 1.165) is 38.3 Å². The van der Waals surface area contributed by atoms with Gasteiger partial charge >= 0.3 is 0 Å². The number of carbonyl (C=O) groups excluding carboxylic acids is 1. The molecule has 0 spiro atoms. The van der Waals surface area contributed by atoms with Crippen LogP contribution in [0.25, 0.3) is 0 Å². The molecular weight excluding hydrogens is 419 g/mol. The van der Waals surface area contributed by atoms with E-state index in [1.807, 2.05) is 12.1 Å². The standard InChI is InChI=1S/C26H35FN4O2/c1-20-15-30(18-23-9-11-25(12-10-23)26(32)28-33-27)16-21(2)31(20)19-24-7-5-22(6-8-24)17-29-13-3-4-14-29/h5-12,20-21H,3-4,13-19H2,1-2H3,(H,28,32). The number of carbonyl (C=O) groups is 1. The van der Waals surface area contributed by atoms with E-state index in [4.69, 9.17) is 0 Å². The van der Waals surface area contributed by atoms with E-state index in [2.05, 4.69) is 57.9 Å². The highest BCUT2D eigenvalue weighted by atomic mass is 19.3. The van der Waals surface area contributed by atoms with Crippen molar-refractivity contribution in [3.05, 3.63) is 70.8 Å². The molecular formula is C26H35FN4O2. The summed E-state index contributed by atoms with van der Waals surface area (Å²) in [7, 11) is 0. The van der Waals surface area contributed by atoms with Gasteiger partial charge in [-0.2, -0.15) is 5.48 Å². The van der Waals surface area contributed by atoms with Crippen LogP contribution in [0.15, 0.2) is 48.5 Å². The quantitative estimate of drug-likeness (QED) is 0.613. The third-order valence-electron chi connectivity index (χ3n) is 6.92. The third kappa shape index (κ3) is 6.38. The summed E-state index contributed by atoms with van der Waals surface area (Å²) in [6.45, 7) is 11.9. The second kappa shape index (κ2) is 11.2. The van der Waals surface area contributed by atoms with Gasteiger partial charge < -0.3 is 0 Å². The van der Waals surface area contributed by atoms with Crippen LogP contribution in [0.3, 0.4) is 0 Å². The Labute approximate surface area is 196 Å². The monoisotopic (exact) mass is 454 g/mol. The molecule has 7 heteroatoms. The Bertz CT molecular complexity index is 888. The summed E-state index contributed by atoms with van der Waals surface area (Å²) < 4.78 is 11.8. The molecule has 1 N–H and O–H groups in total. The molecule has 33 heavy (non-hydrogen) atoms. The SMILES string of the molecule is CC1CN(Cc2ccc(C(=O)NOF)cc2)CC(C)N1Cc1ccc(CN2CCCC2)cc1. The first-order chi connectivity index (χ1) is 16.0. The van der Waals surface area contributed by atoms with E-state index in [0.29, 0.717) is 17.6 Å². The largest absolute Gasteiger partial charge is 0.299 e. The van der Waals surface area contributed by atoms with Gasteiger partial charge in [0.2, 0.25) is 0 Å². The van der Waals surface area contributed by atoms with Crippen molar-refractivity contribution >= 4 is 5.91 Å². The Balaban J connectivity index is 1.29. The van der Waals surface area contributed by atoms with Crippen molar-refractivity contribution in [2.75, 3.05) is 26.2 Å². The number of likely N-dealkylation sites (tertiary alicyclic amines) is 1. The highest BCUT2D eigenvalue weighted by Gasteiger charge is 2.29. The summed E-state index contributed by atoms with van der Waals surface area (Å²) in [6.07, 6.45) is 2.66. The molecule has 6 nitrogen and oxygen atoms in total. The van der Waals surface area contributed by atoms with Crippen molar-refractivity contribution in [2.45, 2.75) is 58.4 Å². The second-order valence-electron chi connectivity index (χ2n) is 9.57. The minimum atomic E-state index is -0.594. The Hall–Kier alpha value is -2.32. The molecule has 178 valence electrons. The highest BCUT2D eigenvalue weighted by Crippen LogP contribution is 2.22. The zero-order chi connectivity index (χ0) is 23.2. The number of nitrogens with one attached hydrogen (secondary N) is 1. The number of piperazine rings is 1. The molecule has 2 atom stereocenters. The molecule has 0 bridgehead atoms. The fourth-order valence-corrected chi connectivity index (χ4v) is 5.18. The van der Waals surface area contributed by atoms with Crippen molar-refractivity contribution in [1.82, 2.24) is 20.2 Å². The van der Waals surface area contributed by atoms with Crippen LogP contribution in [0.1, 0.15) is 53.7 Å². The van der Waals surface area contributed by atoms with E-state index in [1.54, 1.807) is 17.6 Å². The normalized spacial score (nSPS) is 22.5. The summed E-state index contributed by atoms with van der Waals surface area (Å²) in [6, 6.07) is 17.3. The summed E-state index contributed by atoms with van der Waals surface area (Å²) >= 11 is 0. The van der Waals surface area contributed by atoms with Gasteiger partial charge in [-0.15, -0.1) is 0 Å². The molecule has 2 heterocycles. The lowest BCUT2D eigenvalue weighted by Crippen LogP contribution is -2.55. The number of hydrogen-bond donors (Lipinski definition) is 1. The second-order valence-corrected chi connectivity index (χ2v) is 9.57. The molecule has 0 saturated carbocycles. The van der Waals surface area contributed by atoms with Crippen molar-refractivity contribution in [3.63, 3.8) is 0 Å². The zero-order valence-electron chi connectivity index (χ0n) is 19.7. The average molecular weight is 455 g/mol. The van der Waals surface area contributed by atoms with Gasteiger partial charge in [0.15, 0.2) is 0 Å². The van der Waals surface area contributed by atoms with Crippen molar-refractivity contribution in [2.24, 2.45) is 0 Å². The van der Waals surface area contributed by atoms with Crippen molar-refractivity contribution in [1.29, 1.82) is 0 Å². The molecule has 2 aromatic rings. The minimum absolute atomic E-state index is 0.370. The van der Waals surface area contributed by atoms with Crippen molar-refractivity contribution in [3.8, 4) is 0 Å². The van der Waals surface area contributed by atoms with Crippen LogP contribution in [0.5, 0.6) is 0 Å². The highest BCUT2D eigenvalue weighted by molar-refractivity contribution is 5.93. The van der Waals surface area contributed by atoms with Crippen molar-refractivity contribution < 1.29 is 14.4 Å². The molecule has 2 aromatic carbocycles. The predicted octanol–water partition coefficient (Wildman–Crippen LogP) is 3.92. The van der Waals surface area contributed by atoms with Crippen LogP contribution < -0.4 is 5.48 Å². The van der Waals surface area contributed by atoms with Gasteiger partial charge in [0, 0.05) is 50.4 Å². The Morgan fingerprint density at radius 3 is 1.88 bits per heavy atom. The number of benzene rings is 2. The van der Waals surface area contributed by atoms with Gasteiger partial charge in [0.1, 0.15) is 0 Å². The van der Waals surface area contributed by atoms with Gasteiger partial charge in [-0.05, 0) is 73.1 Å². The number of nitrogens with zero attached hydrogens (tertiary/aromatic N) is 3. The number of rotatable bonds is 8. The fourth-order valence-electron chi connectivity index (χ4n) is 5.18. The maximum absolute atomic E-state index is 11.8. The molecule has 2 saturated heterocycles. The Morgan fingerprint density at radius 2 is 1.33 bits per heavy atom. The molecule has 4 rings (SSSR count). The lowest BCUT2D eigenvalue weighted by molar-refractivity contribution is -0.176. The van der Waals surface area contributed by atoms with Crippen LogP contribution in [-0.2, 0) is 24.7 Å². The van der Waals surface area contributed by atoms with Gasteiger partial charge in [0.25, 0.3) is 5.91 Å². The first-order valence-corrected chi connectivity index (χ1v) is 12.0. The topological polar surface area (TPSA) is 48.1 Å². The lowest BCUT2D eigenvalue weighted by atomic mass is 10.0. The fraction of sp³-hybridized carbons (Fsp3) is 0.500. The first kappa shape index (κ1) is 23.8. The number of hydroxylamine groups is 1. The molecule has 2 fully saturated rings. The predicted molar refractivity (Wildman–Crippen MR) is 127 cm³/mol. The van der Waals surface area contributed by atoms with E-state index >= 15 is 0 Å². The molecule has 2 unspecified atom stereocenters. The summed E-state index contributed by atoms with van der Waals surface area (Å²) in [4.78, 5) is 19.2. The maximum Gasteiger partial charge on any atom is 0.277 e. The molecule has 2 aliphatic rings. The summed E-state index contributed by atoms with van der Waals surface area (Å²) in [5.41, 5.74) is 5.98. The van der Waals surface area contributed by atoms with Crippen LogP contribution in [-0.4, -0.2) is 58.9 Å². The van der Waals surface area contributed by atoms with E-state index in [-0.39, 0.29) is 0 Å². The third-order valence-corrected chi connectivity index (χ3v) is 6.92. The number of amides is 1. The summed E-state index contributed by atoms with van der Waals surface area (Å²) in [5.74, 6) is -0.594. The molecule has 0 radical (unpaired) electrons. The van der Waals surface area contributed by atoms with Crippen LogP contribution in [0.4, 0.5) is 4.53 Å². The van der Waals surface area contributed by atoms with Gasteiger partial charge in [-0.25, -0.2) is 0 Å².